The topological polar surface area (TPSA) is 74.4 Å². The van der Waals surface area contributed by atoms with Gasteiger partial charge in [0, 0.05) is 10.0 Å². The summed E-state index contributed by atoms with van der Waals surface area (Å²) in [5.41, 5.74) is 7.22. The maximum Gasteiger partial charge on any atom is 0.343 e. The molecule has 0 bridgehead atoms. The molecule has 2 rings (SSSR count). The third-order valence-electron chi connectivity index (χ3n) is 2.69. The largest absolute Gasteiger partial charge is 0.472 e. The third-order valence-corrected chi connectivity index (χ3v) is 3.46. The Morgan fingerprint density at radius 1 is 1.38 bits per heavy atom. The molecule has 0 saturated carbocycles. The SMILES string of the molecule is CCOC(=O)c1cc(N)cnc1OCc1ccccc1Br. The predicted molar refractivity (Wildman–Crippen MR) is 83.1 cm³/mol. The number of nitrogens with two attached hydrogens (primary N) is 1. The molecule has 0 fully saturated rings. The highest BCUT2D eigenvalue weighted by Crippen LogP contribution is 2.22. The normalized spacial score (nSPS) is 10.2. The van der Waals surface area contributed by atoms with E-state index in [2.05, 4.69) is 20.9 Å². The number of carbonyl (C=O) groups excluding carboxylic acids is 1. The van der Waals surface area contributed by atoms with Gasteiger partial charge in [0.25, 0.3) is 0 Å². The van der Waals surface area contributed by atoms with E-state index < -0.39 is 5.97 Å². The highest BCUT2D eigenvalue weighted by molar-refractivity contribution is 9.10. The summed E-state index contributed by atoms with van der Waals surface area (Å²) < 4.78 is 11.5. The molecule has 0 atom stereocenters. The number of benzene rings is 1. The summed E-state index contributed by atoms with van der Waals surface area (Å²) in [6.45, 7) is 2.29. The van der Waals surface area contributed by atoms with Crippen LogP contribution in [0, 0.1) is 0 Å². The molecule has 110 valence electrons. The maximum absolute atomic E-state index is 11.9. The van der Waals surface area contributed by atoms with Gasteiger partial charge in [-0.3, -0.25) is 0 Å². The van der Waals surface area contributed by atoms with E-state index in [4.69, 9.17) is 15.2 Å². The van der Waals surface area contributed by atoms with Gasteiger partial charge in [-0.15, -0.1) is 0 Å². The van der Waals surface area contributed by atoms with Gasteiger partial charge in [0.2, 0.25) is 5.88 Å². The Morgan fingerprint density at radius 2 is 2.14 bits per heavy atom. The van der Waals surface area contributed by atoms with Crippen molar-refractivity contribution in [2.45, 2.75) is 13.5 Å². The fourth-order valence-corrected chi connectivity index (χ4v) is 2.10. The first-order valence-electron chi connectivity index (χ1n) is 6.40. The second kappa shape index (κ2) is 7.08. The van der Waals surface area contributed by atoms with E-state index >= 15 is 0 Å². The van der Waals surface area contributed by atoms with Gasteiger partial charge in [-0.05, 0) is 19.1 Å². The van der Waals surface area contributed by atoms with Crippen molar-refractivity contribution in [2.24, 2.45) is 0 Å². The van der Waals surface area contributed by atoms with Crippen molar-refractivity contribution in [3.05, 3.63) is 52.1 Å². The van der Waals surface area contributed by atoms with E-state index in [0.29, 0.717) is 5.69 Å². The van der Waals surface area contributed by atoms with Crippen LogP contribution in [0.1, 0.15) is 22.8 Å². The van der Waals surface area contributed by atoms with Gasteiger partial charge < -0.3 is 15.2 Å². The molecule has 0 aliphatic carbocycles. The Labute approximate surface area is 131 Å². The minimum Gasteiger partial charge on any atom is -0.472 e. The van der Waals surface area contributed by atoms with Gasteiger partial charge in [-0.1, -0.05) is 34.1 Å². The standard InChI is InChI=1S/C15H15BrN2O3/c1-2-20-15(19)12-7-11(17)8-18-14(12)21-9-10-5-3-4-6-13(10)16/h3-8H,2,9,17H2,1H3. The van der Waals surface area contributed by atoms with Crippen LogP contribution in [0.5, 0.6) is 5.88 Å². The van der Waals surface area contributed by atoms with E-state index in [1.165, 1.54) is 12.3 Å². The number of nitrogen functional groups attached to an aromatic ring is 1. The number of rotatable bonds is 5. The molecule has 0 saturated heterocycles. The molecule has 2 aromatic rings. The lowest BCUT2D eigenvalue weighted by molar-refractivity contribution is 0.0520. The zero-order valence-electron chi connectivity index (χ0n) is 11.5. The lowest BCUT2D eigenvalue weighted by Gasteiger charge is -2.11. The number of carbonyl (C=O) groups is 1. The molecule has 5 nitrogen and oxygen atoms in total. The van der Waals surface area contributed by atoms with Crippen LogP contribution in [0.4, 0.5) is 5.69 Å². The zero-order chi connectivity index (χ0) is 15.2. The summed E-state index contributed by atoms with van der Waals surface area (Å²) >= 11 is 3.44. The number of nitrogens with zero attached hydrogens (tertiary/aromatic N) is 1. The summed E-state index contributed by atoms with van der Waals surface area (Å²) in [6, 6.07) is 9.17. The molecule has 0 aliphatic rings. The molecule has 1 heterocycles. The Kier molecular flexibility index (Phi) is 5.16. The number of hydrogen-bond donors (Lipinski definition) is 1. The number of esters is 1. The molecule has 2 N–H and O–H groups in total. The highest BCUT2D eigenvalue weighted by atomic mass is 79.9. The molecule has 0 aliphatic heterocycles. The first-order chi connectivity index (χ1) is 10.1. The van der Waals surface area contributed by atoms with Crippen LogP contribution < -0.4 is 10.5 Å². The Hall–Kier alpha value is -2.08. The molecular weight excluding hydrogens is 336 g/mol. The summed E-state index contributed by atoms with van der Waals surface area (Å²) in [6.07, 6.45) is 1.44. The number of halogens is 1. The summed E-state index contributed by atoms with van der Waals surface area (Å²) in [5, 5.41) is 0. The monoisotopic (exact) mass is 350 g/mol. The van der Waals surface area contributed by atoms with Crippen LogP contribution in [-0.4, -0.2) is 17.6 Å². The molecule has 0 spiro atoms. The average Bonchev–Trinajstić information content (AvgIpc) is 2.47. The lowest BCUT2D eigenvalue weighted by atomic mass is 10.2. The number of ether oxygens (including phenoxy) is 2. The smallest absolute Gasteiger partial charge is 0.343 e. The van der Waals surface area contributed by atoms with Crippen LogP contribution in [0.3, 0.4) is 0 Å². The van der Waals surface area contributed by atoms with Crippen molar-refractivity contribution < 1.29 is 14.3 Å². The Bertz CT molecular complexity index is 647. The molecule has 1 aromatic heterocycles. The second-order valence-corrected chi connectivity index (χ2v) is 5.08. The van der Waals surface area contributed by atoms with Crippen LogP contribution in [0.15, 0.2) is 41.0 Å². The van der Waals surface area contributed by atoms with Crippen LogP contribution in [0.2, 0.25) is 0 Å². The van der Waals surface area contributed by atoms with Gasteiger partial charge >= 0.3 is 5.97 Å². The van der Waals surface area contributed by atoms with Crippen LogP contribution in [0.25, 0.3) is 0 Å². The Morgan fingerprint density at radius 3 is 2.86 bits per heavy atom. The molecular formula is C15H15BrN2O3. The molecule has 0 unspecified atom stereocenters. The lowest BCUT2D eigenvalue weighted by Crippen LogP contribution is -2.10. The van der Waals surface area contributed by atoms with Crippen molar-refractivity contribution in [1.29, 1.82) is 0 Å². The van der Waals surface area contributed by atoms with E-state index in [0.717, 1.165) is 10.0 Å². The minimum atomic E-state index is -0.501. The summed E-state index contributed by atoms with van der Waals surface area (Å²) in [5.74, 6) is -0.294. The molecule has 1 aromatic carbocycles. The van der Waals surface area contributed by atoms with Gasteiger partial charge in [-0.25, -0.2) is 9.78 Å². The van der Waals surface area contributed by atoms with Gasteiger partial charge in [-0.2, -0.15) is 0 Å². The summed E-state index contributed by atoms with van der Waals surface area (Å²) in [7, 11) is 0. The molecule has 0 amide bonds. The van der Waals surface area contributed by atoms with E-state index in [1.807, 2.05) is 24.3 Å². The van der Waals surface area contributed by atoms with Gasteiger partial charge in [0.05, 0.1) is 18.5 Å². The van der Waals surface area contributed by atoms with Crippen LogP contribution in [-0.2, 0) is 11.3 Å². The first-order valence-corrected chi connectivity index (χ1v) is 7.20. The quantitative estimate of drug-likeness (QED) is 0.838. The summed E-state index contributed by atoms with van der Waals surface area (Å²) in [4.78, 5) is 16.0. The van der Waals surface area contributed by atoms with Gasteiger partial charge in [0.1, 0.15) is 12.2 Å². The van der Waals surface area contributed by atoms with Crippen molar-refractivity contribution >= 4 is 27.6 Å². The fraction of sp³-hybridized carbons (Fsp3) is 0.200. The zero-order valence-corrected chi connectivity index (χ0v) is 13.1. The molecule has 21 heavy (non-hydrogen) atoms. The second-order valence-electron chi connectivity index (χ2n) is 4.22. The van der Waals surface area contributed by atoms with E-state index in [-0.39, 0.29) is 24.7 Å². The molecule has 0 radical (unpaired) electrons. The van der Waals surface area contributed by atoms with E-state index in [1.54, 1.807) is 6.92 Å². The fourth-order valence-electron chi connectivity index (χ4n) is 1.70. The average molecular weight is 351 g/mol. The predicted octanol–water partition coefficient (Wildman–Crippen LogP) is 3.18. The third kappa shape index (κ3) is 3.95. The van der Waals surface area contributed by atoms with Crippen molar-refractivity contribution in [3.63, 3.8) is 0 Å². The highest BCUT2D eigenvalue weighted by Gasteiger charge is 2.16. The molecule has 6 heteroatoms. The number of anilines is 1. The Balaban J connectivity index is 2.20. The van der Waals surface area contributed by atoms with Crippen LogP contribution >= 0.6 is 15.9 Å². The van der Waals surface area contributed by atoms with Crippen molar-refractivity contribution in [3.8, 4) is 5.88 Å². The first kappa shape index (κ1) is 15.3. The maximum atomic E-state index is 11.9. The number of pyridine rings is 1. The minimum absolute atomic E-state index is 0.207. The van der Waals surface area contributed by atoms with Gasteiger partial charge in [0.15, 0.2) is 0 Å². The number of hydrogen-bond acceptors (Lipinski definition) is 5. The van der Waals surface area contributed by atoms with Crippen molar-refractivity contribution in [2.75, 3.05) is 12.3 Å². The van der Waals surface area contributed by atoms with Crippen molar-refractivity contribution in [1.82, 2.24) is 4.98 Å². The van der Waals surface area contributed by atoms with E-state index in [9.17, 15) is 4.79 Å². The number of aromatic nitrogens is 1.